The fourth-order valence-electron chi connectivity index (χ4n) is 2.68. The van der Waals surface area contributed by atoms with Gasteiger partial charge in [0, 0.05) is 22.9 Å². The van der Waals surface area contributed by atoms with Crippen LogP contribution in [0.25, 0.3) is 0 Å². The predicted octanol–water partition coefficient (Wildman–Crippen LogP) is 2.72. The first-order valence-electron chi connectivity index (χ1n) is 6.46. The highest BCUT2D eigenvalue weighted by atomic mass is 32.2. The lowest BCUT2D eigenvalue weighted by atomic mass is 9.83. The van der Waals surface area contributed by atoms with E-state index in [2.05, 4.69) is 51.4 Å². The standard InChI is InChI=1S/C13H28N2S/c1-6-12(3,4)15(5)13(10-14)8-7-9-16-11(13)2/h11H,6-10,14H2,1-5H3. The molecular weight excluding hydrogens is 216 g/mol. The van der Waals surface area contributed by atoms with E-state index in [0.29, 0.717) is 5.25 Å². The van der Waals surface area contributed by atoms with Crippen molar-refractivity contribution in [1.82, 2.24) is 4.90 Å². The van der Waals surface area contributed by atoms with E-state index >= 15 is 0 Å². The topological polar surface area (TPSA) is 29.3 Å². The summed E-state index contributed by atoms with van der Waals surface area (Å²) in [5.41, 5.74) is 6.56. The lowest BCUT2D eigenvalue weighted by Crippen LogP contribution is -2.65. The van der Waals surface area contributed by atoms with E-state index in [4.69, 9.17) is 5.73 Å². The maximum Gasteiger partial charge on any atom is 0.0449 e. The van der Waals surface area contributed by atoms with Gasteiger partial charge in [0.15, 0.2) is 0 Å². The number of likely N-dealkylation sites (N-methyl/N-ethyl adjacent to an activating group) is 1. The minimum Gasteiger partial charge on any atom is -0.329 e. The molecule has 1 saturated heterocycles. The monoisotopic (exact) mass is 244 g/mol. The normalized spacial score (nSPS) is 32.1. The van der Waals surface area contributed by atoms with Crippen molar-refractivity contribution in [1.29, 1.82) is 0 Å². The highest BCUT2D eigenvalue weighted by Crippen LogP contribution is 2.40. The third-order valence-electron chi connectivity index (χ3n) is 4.67. The summed E-state index contributed by atoms with van der Waals surface area (Å²) in [5, 5.41) is 0.641. The molecule has 1 heterocycles. The van der Waals surface area contributed by atoms with Gasteiger partial charge in [-0.15, -0.1) is 0 Å². The highest BCUT2D eigenvalue weighted by Gasteiger charge is 2.45. The molecule has 1 fully saturated rings. The molecular formula is C13H28N2S. The molecule has 0 aromatic rings. The average molecular weight is 244 g/mol. The van der Waals surface area contributed by atoms with Gasteiger partial charge in [-0.25, -0.2) is 0 Å². The maximum atomic E-state index is 6.13. The van der Waals surface area contributed by atoms with E-state index < -0.39 is 0 Å². The van der Waals surface area contributed by atoms with Crippen LogP contribution in [0, 0.1) is 0 Å². The number of thioether (sulfide) groups is 1. The highest BCUT2D eigenvalue weighted by molar-refractivity contribution is 8.00. The first kappa shape index (κ1) is 14.3. The predicted molar refractivity (Wildman–Crippen MR) is 75.1 cm³/mol. The van der Waals surface area contributed by atoms with Crippen molar-refractivity contribution in [2.24, 2.45) is 5.73 Å². The lowest BCUT2D eigenvalue weighted by Gasteiger charge is -2.54. The fourth-order valence-corrected chi connectivity index (χ4v) is 4.03. The van der Waals surface area contributed by atoms with Crippen LogP contribution in [0.2, 0.25) is 0 Å². The molecule has 0 amide bonds. The zero-order chi connectivity index (χ0) is 12.4. The van der Waals surface area contributed by atoms with Gasteiger partial charge in [-0.3, -0.25) is 4.90 Å². The van der Waals surface area contributed by atoms with Gasteiger partial charge >= 0.3 is 0 Å². The van der Waals surface area contributed by atoms with Crippen molar-refractivity contribution < 1.29 is 0 Å². The molecule has 0 aromatic carbocycles. The Balaban J connectivity index is 2.94. The van der Waals surface area contributed by atoms with Gasteiger partial charge in [0.05, 0.1) is 0 Å². The largest absolute Gasteiger partial charge is 0.329 e. The van der Waals surface area contributed by atoms with E-state index in [0.717, 1.165) is 6.54 Å². The molecule has 96 valence electrons. The molecule has 3 heteroatoms. The molecule has 0 saturated carbocycles. The summed E-state index contributed by atoms with van der Waals surface area (Å²) in [7, 11) is 2.26. The van der Waals surface area contributed by atoms with Gasteiger partial charge in [-0.2, -0.15) is 11.8 Å². The van der Waals surface area contributed by atoms with Gasteiger partial charge in [0.1, 0.15) is 0 Å². The van der Waals surface area contributed by atoms with Crippen molar-refractivity contribution in [3.63, 3.8) is 0 Å². The van der Waals surface area contributed by atoms with Crippen molar-refractivity contribution in [3.8, 4) is 0 Å². The smallest absolute Gasteiger partial charge is 0.0449 e. The molecule has 1 rings (SSSR count). The second-order valence-corrected chi connectivity index (χ2v) is 7.10. The molecule has 16 heavy (non-hydrogen) atoms. The van der Waals surface area contributed by atoms with Gasteiger partial charge in [-0.1, -0.05) is 13.8 Å². The zero-order valence-electron chi connectivity index (χ0n) is 11.5. The minimum atomic E-state index is 0.197. The first-order chi connectivity index (χ1) is 7.40. The Morgan fingerprint density at radius 2 is 2.12 bits per heavy atom. The first-order valence-corrected chi connectivity index (χ1v) is 7.51. The Bertz CT molecular complexity index is 230. The van der Waals surface area contributed by atoms with Crippen LogP contribution in [0.5, 0.6) is 0 Å². The van der Waals surface area contributed by atoms with Crippen LogP contribution < -0.4 is 5.73 Å². The molecule has 0 aromatic heterocycles. The van der Waals surface area contributed by atoms with Crippen molar-refractivity contribution in [3.05, 3.63) is 0 Å². The Kier molecular flexibility index (Phi) is 4.73. The van der Waals surface area contributed by atoms with Crippen LogP contribution in [-0.2, 0) is 0 Å². The Morgan fingerprint density at radius 1 is 1.50 bits per heavy atom. The Hall–Kier alpha value is 0.270. The lowest BCUT2D eigenvalue weighted by molar-refractivity contribution is 0.0160. The maximum absolute atomic E-state index is 6.13. The van der Waals surface area contributed by atoms with E-state index in [1.54, 1.807) is 0 Å². The Morgan fingerprint density at radius 3 is 2.56 bits per heavy atom. The molecule has 1 aliphatic heterocycles. The fraction of sp³-hybridized carbons (Fsp3) is 1.00. The van der Waals surface area contributed by atoms with Gasteiger partial charge < -0.3 is 5.73 Å². The molecule has 0 spiro atoms. The zero-order valence-corrected chi connectivity index (χ0v) is 12.4. The molecule has 2 atom stereocenters. The van der Waals surface area contributed by atoms with Crippen LogP contribution in [0.4, 0.5) is 0 Å². The van der Waals surface area contributed by atoms with Crippen molar-refractivity contribution in [2.75, 3.05) is 19.3 Å². The summed E-state index contributed by atoms with van der Waals surface area (Å²) in [6.07, 6.45) is 3.72. The SMILES string of the molecule is CCC(C)(C)N(C)C1(CN)CCCSC1C. The number of nitrogens with two attached hydrogens (primary N) is 1. The van der Waals surface area contributed by atoms with Gasteiger partial charge in [0.25, 0.3) is 0 Å². The second-order valence-electron chi connectivity index (χ2n) is 5.65. The van der Waals surface area contributed by atoms with E-state index in [1.807, 2.05) is 0 Å². The van der Waals surface area contributed by atoms with Gasteiger partial charge in [0.2, 0.25) is 0 Å². The van der Waals surface area contributed by atoms with E-state index in [1.165, 1.54) is 25.0 Å². The van der Waals surface area contributed by atoms with E-state index in [9.17, 15) is 0 Å². The third-order valence-corrected chi connectivity index (χ3v) is 6.14. The molecule has 2 unspecified atom stereocenters. The van der Waals surface area contributed by atoms with Crippen LogP contribution in [-0.4, -0.2) is 40.6 Å². The van der Waals surface area contributed by atoms with E-state index in [-0.39, 0.29) is 11.1 Å². The minimum absolute atomic E-state index is 0.197. The van der Waals surface area contributed by atoms with Crippen LogP contribution in [0.3, 0.4) is 0 Å². The second kappa shape index (κ2) is 5.28. The van der Waals surface area contributed by atoms with Crippen molar-refractivity contribution >= 4 is 11.8 Å². The van der Waals surface area contributed by atoms with Crippen LogP contribution >= 0.6 is 11.8 Å². The molecule has 0 radical (unpaired) electrons. The summed E-state index contributed by atoms with van der Waals surface area (Å²) in [6.45, 7) is 10.0. The van der Waals surface area contributed by atoms with Gasteiger partial charge in [-0.05, 0) is 45.9 Å². The third kappa shape index (κ3) is 2.41. The quantitative estimate of drug-likeness (QED) is 0.824. The summed E-state index contributed by atoms with van der Waals surface area (Å²) < 4.78 is 0. The summed E-state index contributed by atoms with van der Waals surface area (Å²) >= 11 is 2.08. The molecule has 0 bridgehead atoms. The number of rotatable bonds is 4. The summed E-state index contributed by atoms with van der Waals surface area (Å²) in [6, 6.07) is 0. The van der Waals surface area contributed by atoms with Crippen LogP contribution in [0.1, 0.15) is 47.0 Å². The number of hydrogen-bond acceptors (Lipinski definition) is 3. The number of hydrogen-bond donors (Lipinski definition) is 1. The molecule has 2 nitrogen and oxygen atoms in total. The molecule has 2 N–H and O–H groups in total. The molecule has 1 aliphatic rings. The molecule has 0 aliphatic carbocycles. The van der Waals surface area contributed by atoms with Crippen LogP contribution in [0.15, 0.2) is 0 Å². The summed E-state index contributed by atoms with van der Waals surface area (Å²) in [5.74, 6) is 1.29. The van der Waals surface area contributed by atoms with Crippen molar-refractivity contribution in [2.45, 2.75) is 63.3 Å². The Labute approximate surface area is 105 Å². The average Bonchev–Trinajstić information content (AvgIpc) is 2.29. The number of nitrogens with zero attached hydrogens (tertiary/aromatic N) is 1. The summed E-state index contributed by atoms with van der Waals surface area (Å²) in [4.78, 5) is 2.55.